The molecule has 0 saturated carbocycles. The van der Waals surface area contributed by atoms with Gasteiger partial charge in [0.1, 0.15) is 5.52 Å². The predicted molar refractivity (Wildman–Crippen MR) is 60.5 cm³/mol. The fraction of sp³-hybridized carbons (Fsp3) is 0.333. The molecule has 6 heteroatoms. The molecule has 0 amide bonds. The number of carboxylic acids is 1. The van der Waals surface area contributed by atoms with E-state index in [1.807, 2.05) is 0 Å². The first-order valence-corrected chi connectivity index (χ1v) is 5.57. The van der Waals surface area contributed by atoms with E-state index in [1.165, 1.54) is 12.1 Å². The monoisotopic (exact) mass is 249 g/mol. The summed E-state index contributed by atoms with van der Waals surface area (Å²) in [5.41, 5.74) is 1.23. The van der Waals surface area contributed by atoms with Gasteiger partial charge < -0.3 is 19.0 Å². The van der Waals surface area contributed by atoms with Gasteiger partial charge >= 0.3 is 5.97 Å². The van der Waals surface area contributed by atoms with Crippen LogP contribution in [0.25, 0.3) is 11.1 Å². The van der Waals surface area contributed by atoms with Crippen molar-refractivity contribution >= 4 is 17.1 Å². The number of fused-ring (bicyclic) bond motifs is 1. The number of aromatic carboxylic acids is 1. The van der Waals surface area contributed by atoms with Crippen molar-refractivity contribution in [3.8, 4) is 0 Å². The van der Waals surface area contributed by atoms with Gasteiger partial charge in [0.05, 0.1) is 25.4 Å². The smallest absolute Gasteiger partial charge is 0.335 e. The van der Waals surface area contributed by atoms with Gasteiger partial charge in [0.2, 0.25) is 5.89 Å². The van der Waals surface area contributed by atoms with Gasteiger partial charge in [0, 0.05) is 0 Å². The first-order chi connectivity index (χ1) is 8.74. The van der Waals surface area contributed by atoms with Gasteiger partial charge in [0.15, 0.2) is 11.7 Å². The molecule has 1 atom stereocenters. The van der Waals surface area contributed by atoms with E-state index >= 15 is 0 Å². The van der Waals surface area contributed by atoms with Crippen LogP contribution in [-0.2, 0) is 9.47 Å². The second-order valence-electron chi connectivity index (χ2n) is 3.97. The summed E-state index contributed by atoms with van der Waals surface area (Å²) in [6, 6.07) is 4.57. The normalized spacial score (nSPS) is 20.1. The van der Waals surface area contributed by atoms with E-state index in [0.717, 1.165) is 0 Å². The van der Waals surface area contributed by atoms with Crippen molar-refractivity contribution in [3.63, 3.8) is 0 Å². The maximum atomic E-state index is 10.8. The van der Waals surface area contributed by atoms with Crippen LogP contribution >= 0.6 is 0 Å². The number of rotatable bonds is 2. The Balaban J connectivity index is 1.97. The zero-order chi connectivity index (χ0) is 12.5. The Hall–Kier alpha value is -1.92. The largest absolute Gasteiger partial charge is 0.478 e. The summed E-state index contributed by atoms with van der Waals surface area (Å²) in [4.78, 5) is 15.1. The number of nitrogens with zero attached hydrogens (tertiary/aromatic N) is 1. The van der Waals surface area contributed by atoms with Crippen molar-refractivity contribution in [2.24, 2.45) is 0 Å². The molecule has 1 unspecified atom stereocenters. The van der Waals surface area contributed by atoms with E-state index in [2.05, 4.69) is 4.98 Å². The quantitative estimate of drug-likeness (QED) is 0.870. The first-order valence-electron chi connectivity index (χ1n) is 5.57. The molecule has 1 saturated heterocycles. The number of hydrogen-bond donors (Lipinski definition) is 1. The minimum atomic E-state index is -0.993. The molecule has 2 heterocycles. The van der Waals surface area contributed by atoms with Crippen molar-refractivity contribution < 1.29 is 23.8 Å². The van der Waals surface area contributed by atoms with Crippen LogP contribution in [0.4, 0.5) is 0 Å². The maximum absolute atomic E-state index is 10.8. The highest BCUT2D eigenvalue weighted by Crippen LogP contribution is 2.25. The van der Waals surface area contributed by atoms with E-state index in [9.17, 15) is 4.79 Å². The molecular weight excluding hydrogens is 238 g/mol. The molecule has 1 aromatic heterocycles. The van der Waals surface area contributed by atoms with E-state index < -0.39 is 5.97 Å². The summed E-state index contributed by atoms with van der Waals surface area (Å²) in [5.74, 6) is -0.570. The van der Waals surface area contributed by atoms with Crippen LogP contribution in [0.5, 0.6) is 0 Å². The average Bonchev–Trinajstić information content (AvgIpc) is 2.82. The van der Waals surface area contributed by atoms with E-state index in [-0.39, 0.29) is 11.7 Å². The average molecular weight is 249 g/mol. The standard InChI is InChI=1S/C12H11NO5/c14-12(15)7-1-2-8-9(5-7)18-11(13-8)10-6-16-3-4-17-10/h1-2,5,10H,3-4,6H2,(H,14,15). The molecule has 1 aliphatic heterocycles. The summed E-state index contributed by atoms with van der Waals surface area (Å²) in [5, 5.41) is 8.89. The number of oxazole rings is 1. The molecule has 6 nitrogen and oxygen atoms in total. The summed E-state index contributed by atoms with van der Waals surface area (Å²) in [6.07, 6.45) is -0.320. The highest BCUT2D eigenvalue weighted by Gasteiger charge is 2.22. The lowest BCUT2D eigenvalue weighted by Gasteiger charge is -2.19. The molecule has 0 radical (unpaired) electrons. The number of carboxylic acid groups (broad SMARTS) is 1. The Morgan fingerprint density at radius 3 is 3.00 bits per heavy atom. The second-order valence-corrected chi connectivity index (χ2v) is 3.97. The van der Waals surface area contributed by atoms with E-state index in [1.54, 1.807) is 6.07 Å². The lowest BCUT2D eigenvalue weighted by molar-refractivity contribution is -0.0991. The molecule has 0 spiro atoms. The molecular formula is C12H11NO5. The van der Waals surface area contributed by atoms with Crippen molar-refractivity contribution in [1.29, 1.82) is 0 Å². The van der Waals surface area contributed by atoms with Gasteiger partial charge in [-0.05, 0) is 18.2 Å². The topological polar surface area (TPSA) is 81.8 Å². The minimum absolute atomic E-state index is 0.172. The van der Waals surface area contributed by atoms with Gasteiger partial charge in [0.25, 0.3) is 0 Å². The molecule has 1 aromatic carbocycles. The molecule has 1 N–H and O–H groups in total. The summed E-state index contributed by atoms with van der Waals surface area (Å²) in [6.45, 7) is 1.47. The van der Waals surface area contributed by atoms with Crippen LogP contribution in [-0.4, -0.2) is 35.9 Å². The van der Waals surface area contributed by atoms with Crippen LogP contribution < -0.4 is 0 Å². The van der Waals surface area contributed by atoms with Crippen LogP contribution in [0.15, 0.2) is 22.6 Å². The Morgan fingerprint density at radius 1 is 1.39 bits per heavy atom. The van der Waals surface area contributed by atoms with E-state index in [0.29, 0.717) is 36.8 Å². The Kier molecular flexibility index (Phi) is 2.73. The molecule has 2 aromatic rings. The number of ether oxygens (including phenoxy) is 2. The van der Waals surface area contributed by atoms with E-state index in [4.69, 9.17) is 19.0 Å². The van der Waals surface area contributed by atoms with Gasteiger partial charge in [-0.3, -0.25) is 0 Å². The van der Waals surface area contributed by atoms with Crippen molar-refractivity contribution in [2.45, 2.75) is 6.10 Å². The number of carbonyl (C=O) groups is 1. The zero-order valence-electron chi connectivity index (χ0n) is 9.46. The predicted octanol–water partition coefficient (Wildman–Crippen LogP) is 1.61. The molecule has 94 valence electrons. The third-order valence-electron chi connectivity index (χ3n) is 2.74. The fourth-order valence-corrected chi connectivity index (χ4v) is 1.84. The molecule has 0 aliphatic carbocycles. The lowest BCUT2D eigenvalue weighted by atomic mass is 10.2. The molecule has 18 heavy (non-hydrogen) atoms. The second kappa shape index (κ2) is 4.40. The van der Waals surface area contributed by atoms with Gasteiger partial charge in [-0.1, -0.05) is 0 Å². The summed E-state index contributed by atoms with van der Waals surface area (Å²) in [7, 11) is 0. The summed E-state index contributed by atoms with van der Waals surface area (Å²) < 4.78 is 16.3. The Morgan fingerprint density at radius 2 is 2.28 bits per heavy atom. The summed E-state index contributed by atoms with van der Waals surface area (Å²) >= 11 is 0. The highest BCUT2D eigenvalue weighted by molar-refractivity contribution is 5.91. The maximum Gasteiger partial charge on any atom is 0.335 e. The minimum Gasteiger partial charge on any atom is -0.478 e. The molecule has 0 bridgehead atoms. The van der Waals surface area contributed by atoms with Crippen LogP contribution in [0, 0.1) is 0 Å². The number of benzene rings is 1. The SMILES string of the molecule is O=C(O)c1ccc2nc(C3COCCO3)oc2c1. The third-order valence-corrected chi connectivity index (χ3v) is 2.74. The highest BCUT2D eigenvalue weighted by atomic mass is 16.6. The van der Waals surface area contributed by atoms with Gasteiger partial charge in [-0.25, -0.2) is 9.78 Å². The molecule has 3 rings (SSSR count). The number of hydrogen-bond acceptors (Lipinski definition) is 5. The van der Waals surface area contributed by atoms with Crippen molar-refractivity contribution in [2.75, 3.05) is 19.8 Å². The number of aromatic nitrogens is 1. The van der Waals surface area contributed by atoms with Gasteiger partial charge in [-0.15, -0.1) is 0 Å². The Labute approximate surface area is 102 Å². The van der Waals surface area contributed by atoms with Crippen LogP contribution in [0.2, 0.25) is 0 Å². The zero-order valence-corrected chi connectivity index (χ0v) is 9.46. The first kappa shape index (κ1) is 11.2. The molecule has 1 aliphatic rings. The fourth-order valence-electron chi connectivity index (χ4n) is 1.84. The van der Waals surface area contributed by atoms with Gasteiger partial charge in [-0.2, -0.15) is 0 Å². The van der Waals surface area contributed by atoms with Crippen molar-refractivity contribution in [1.82, 2.24) is 4.98 Å². The van der Waals surface area contributed by atoms with Crippen molar-refractivity contribution in [3.05, 3.63) is 29.7 Å². The van der Waals surface area contributed by atoms with Crippen LogP contribution in [0.3, 0.4) is 0 Å². The third kappa shape index (κ3) is 1.96. The lowest BCUT2D eigenvalue weighted by Crippen LogP contribution is -2.22. The Bertz CT molecular complexity index is 585. The molecule has 1 fully saturated rings. The van der Waals surface area contributed by atoms with Crippen LogP contribution in [0.1, 0.15) is 22.4 Å².